The first kappa shape index (κ1) is 16.1. The molecule has 0 bridgehead atoms. The Balaban J connectivity index is 2.76. The van der Waals surface area contributed by atoms with Crippen LogP contribution in [0.1, 0.15) is 32.3 Å². The van der Waals surface area contributed by atoms with Crippen molar-refractivity contribution in [2.24, 2.45) is 5.73 Å². The summed E-state index contributed by atoms with van der Waals surface area (Å²) in [4.78, 5) is 12.5. The molecule has 0 aliphatic rings. The number of hydrogen-bond donors (Lipinski definition) is 2. The third kappa shape index (κ3) is 4.28. The monoisotopic (exact) mass is 342 g/mol. The van der Waals surface area contributed by atoms with E-state index in [0.717, 1.165) is 10.0 Å². The molecular formula is C14H19BrN2OS. The van der Waals surface area contributed by atoms with E-state index in [4.69, 9.17) is 18.0 Å². The Labute approximate surface area is 128 Å². The predicted molar refractivity (Wildman–Crippen MR) is 86.1 cm³/mol. The van der Waals surface area contributed by atoms with Gasteiger partial charge in [-0.3, -0.25) is 4.79 Å². The van der Waals surface area contributed by atoms with Gasteiger partial charge in [-0.15, -0.1) is 0 Å². The zero-order chi connectivity index (χ0) is 14.5. The van der Waals surface area contributed by atoms with E-state index in [-0.39, 0.29) is 5.91 Å². The molecule has 19 heavy (non-hydrogen) atoms. The Morgan fingerprint density at radius 1 is 1.42 bits per heavy atom. The summed E-state index contributed by atoms with van der Waals surface area (Å²) in [5, 5.41) is 2.98. The van der Waals surface area contributed by atoms with Gasteiger partial charge in [0.05, 0.1) is 16.9 Å². The number of carbonyl (C=O) groups excluding carboxylic acids is 1. The van der Waals surface area contributed by atoms with Crippen molar-refractivity contribution in [3.63, 3.8) is 0 Å². The standard InChI is InChI=1S/C14H19BrN2OS/c1-3-14(4-2,13(16)19)17-12(18)9-10-6-5-7-11(15)8-10/h5-8H,3-4,9H2,1-2H3,(H2,16,19)(H,17,18). The molecule has 0 saturated carbocycles. The van der Waals surface area contributed by atoms with Gasteiger partial charge in [-0.2, -0.15) is 0 Å². The van der Waals surface area contributed by atoms with E-state index < -0.39 is 5.54 Å². The van der Waals surface area contributed by atoms with Crippen LogP contribution >= 0.6 is 28.1 Å². The van der Waals surface area contributed by atoms with Crippen molar-refractivity contribution < 1.29 is 4.79 Å². The largest absolute Gasteiger partial charge is 0.391 e. The highest BCUT2D eigenvalue weighted by atomic mass is 79.9. The summed E-state index contributed by atoms with van der Waals surface area (Å²) in [6.45, 7) is 3.95. The van der Waals surface area contributed by atoms with Gasteiger partial charge >= 0.3 is 0 Å². The molecular weight excluding hydrogens is 324 g/mol. The number of nitrogens with two attached hydrogens (primary N) is 1. The maximum atomic E-state index is 12.1. The van der Waals surface area contributed by atoms with Gasteiger partial charge in [-0.1, -0.05) is 54.1 Å². The second-order valence-corrected chi connectivity index (χ2v) is 5.86. The van der Waals surface area contributed by atoms with Crippen molar-refractivity contribution in [2.75, 3.05) is 0 Å². The second kappa shape index (κ2) is 7.01. The van der Waals surface area contributed by atoms with E-state index in [2.05, 4.69) is 21.2 Å². The predicted octanol–water partition coefficient (Wildman–Crippen LogP) is 2.95. The number of carbonyl (C=O) groups is 1. The molecule has 0 saturated heterocycles. The molecule has 0 aromatic heterocycles. The van der Waals surface area contributed by atoms with E-state index >= 15 is 0 Å². The molecule has 0 fully saturated rings. The van der Waals surface area contributed by atoms with Crippen molar-refractivity contribution in [3.8, 4) is 0 Å². The molecule has 3 N–H and O–H groups in total. The van der Waals surface area contributed by atoms with Crippen LogP contribution in [-0.4, -0.2) is 16.4 Å². The Hall–Kier alpha value is -0.940. The Bertz CT molecular complexity index is 472. The summed E-state index contributed by atoms with van der Waals surface area (Å²) in [6.07, 6.45) is 1.72. The minimum absolute atomic E-state index is 0.0606. The van der Waals surface area contributed by atoms with Crippen LogP contribution in [0.5, 0.6) is 0 Å². The molecule has 104 valence electrons. The summed E-state index contributed by atoms with van der Waals surface area (Å²) >= 11 is 8.48. The van der Waals surface area contributed by atoms with Crippen molar-refractivity contribution in [2.45, 2.75) is 38.6 Å². The molecule has 0 unspecified atom stereocenters. The van der Waals surface area contributed by atoms with Gasteiger partial charge in [-0.05, 0) is 30.5 Å². The molecule has 0 aliphatic heterocycles. The lowest BCUT2D eigenvalue weighted by molar-refractivity contribution is -0.121. The number of rotatable bonds is 6. The van der Waals surface area contributed by atoms with Crippen LogP contribution in [-0.2, 0) is 11.2 Å². The Kier molecular flexibility index (Phi) is 5.94. The first-order chi connectivity index (χ1) is 8.93. The summed E-state index contributed by atoms with van der Waals surface area (Å²) in [5.74, 6) is -0.0606. The van der Waals surface area contributed by atoms with E-state index in [1.807, 2.05) is 38.1 Å². The number of nitrogens with one attached hydrogen (secondary N) is 1. The number of benzene rings is 1. The minimum Gasteiger partial charge on any atom is -0.391 e. The van der Waals surface area contributed by atoms with Crippen LogP contribution in [0.4, 0.5) is 0 Å². The highest BCUT2D eigenvalue weighted by Crippen LogP contribution is 2.17. The molecule has 0 spiro atoms. The maximum Gasteiger partial charge on any atom is 0.225 e. The van der Waals surface area contributed by atoms with E-state index in [1.54, 1.807) is 0 Å². The average molecular weight is 343 g/mol. The SMILES string of the molecule is CCC(CC)(NC(=O)Cc1cccc(Br)c1)C(N)=S. The lowest BCUT2D eigenvalue weighted by Crippen LogP contribution is -2.56. The average Bonchev–Trinajstić information content (AvgIpc) is 2.35. The topological polar surface area (TPSA) is 55.1 Å². The molecule has 1 aromatic rings. The lowest BCUT2D eigenvalue weighted by Gasteiger charge is -2.31. The zero-order valence-electron chi connectivity index (χ0n) is 11.2. The molecule has 0 atom stereocenters. The fourth-order valence-electron chi connectivity index (χ4n) is 1.98. The quantitative estimate of drug-likeness (QED) is 0.781. The summed E-state index contributed by atoms with van der Waals surface area (Å²) in [7, 11) is 0. The third-order valence-electron chi connectivity index (χ3n) is 3.31. The Morgan fingerprint density at radius 2 is 2.05 bits per heavy atom. The van der Waals surface area contributed by atoms with Crippen LogP contribution in [0.15, 0.2) is 28.7 Å². The first-order valence-electron chi connectivity index (χ1n) is 6.29. The molecule has 5 heteroatoms. The molecule has 3 nitrogen and oxygen atoms in total. The molecule has 0 heterocycles. The van der Waals surface area contributed by atoms with Gasteiger partial charge in [0.2, 0.25) is 5.91 Å². The number of amides is 1. The van der Waals surface area contributed by atoms with Crippen LogP contribution in [0, 0.1) is 0 Å². The van der Waals surface area contributed by atoms with Crippen LogP contribution < -0.4 is 11.1 Å². The fraction of sp³-hybridized carbons (Fsp3) is 0.429. The van der Waals surface area contributed by atoms with Gasteiger partial charge in [0.15, 0.2) is 0 Å². The van der Waals surface area contributed by atoms with E-state index in [1.165, 1.54) is 0 Å². The first-order valence-corrected chi connectivity index (χ1v) is 7.49. The molecule has 1 aromatic carbocycles. The van der Waals surface area contributed by atoms with Gasteiger partial charge in [0, 0.05) is 4.47 Å². The number of thiocarbonyl (C=S) groups is 1. The highest BCUT2D eigenvalue weighted by Gasteiger charge is 2.31. The molecule has 0 radical (unpaired) electrons. The van der Waals surface area contributed by atoms with Gasteiger partial charge in [0.1, 0.15) is 0 Å². The number of hydrogen-bond acceptors (Lipinski definition) is 2. The van der Waals surface area contributed by atoms with E-state index in [0.29, 0.717) is 24.3 Å². The van der Waals surface area contributed by atoms with Crippen LogP contribution in [0.3, 0.4) is 0 Å². The molecule has 1 amide bonds. The molecule has 0 aliphatic carbocycles. The fourth-order valence-corrected chi connectivity index (χ4v) is 2.77. The van der Waals surface area contributed by atoms with Crippen molar-refractivity contribution in [3.05, 3.63) is 34.3 Å². The highest BCUT2D eigenvalue weighted by molar-refractivity contribution is 9.10. The van der Waals surface area contributed by atoms with Gasteiger partial charge in [-0.25, -0.2) is 0 Å². The van der Waals surface area contributed by atoms with Crippen LogP contribution in [0.25, 0.3) is 0 Å². The van der Waals surface area contributed by atoms with Gasteiger partial charge < -0.3 is 11.1 Å². The second-order valence-electron chi connectivity index (χ2n) is 4.51. The maximum absolute atomic E-state index is 12.1. The lowest BCUT2D eigenvalue weighted by atomic mass is 9.92. The van der Waals surface area contributed by atoms with Crippen molar-refractivity contribution >= 4 is 39.0 Å². The Morgan fingerprint density at radius 3 is 2.53 bits per heavy atom. The summed E-state index contributed by atoms with van der Waals surface area (Å²) in [5.41, 5.74) is 6.15. The van der Waals surface area contributed by atoms with Gasteiger partial charge in [0.25, 0.3) is 0 Å². The normalized spacial score (nSPS) is 11.1. The third-order valence-corrected chi connectivity index (χ3v) is 4.20. The van der Waals surface area contributed by atoms with E-state index in [9.17, 15) is 4.79 Å². The van der Waals surface area contributed by atoms with Crippen molar-refractivity contribution in [1.29, 1.82) is 0 Å². The number of halogens is 1. The van der Waals surface area contributed by atoms with Crippen LogP contribution in [0.2, 0.25) is 0 Å². The smallest absolute Gasteiger partial charge is 0.225 e. The minimum atomic E-state index is -0.571. The molecule has 1 rings (SSSR count). The summed E-state index contributed by atoms with van der Waals surface area (Å²) in [6, 6.07) is 7.69. The summed E-state index contributed by atoms with van der Waals surface area (Å²) < 4.78 is 0.962. The zero-order valence-corrected chi connectivity index (χ0v) is 13.6. The van der Waals surface area contributed by atoms with Crippen molar-refractivity contribution in [1.82, 2.24) is 5.32 Å².